The van der Waals surface area contributed by atoms with Crippen LogP contribution in [0, 0.1) is 11.6 Å². The summed E-state index contributed by atoms with van der Waals surface area (Å²) < 4.78 is 52.0. The lowest BCUT2D eigenvalue weighted by molar-refractivity contribution is -0.220. The Hall–Kier alpha value is -4.24. The largest absolute Gasteiger partial charge is 0.488 e. The number of nitrogens with two attached hydrogens (primary N) is 2. The number of ether oxygens (including phenoxy) is 4. The predicted molar refractivity (Wildman–Crippen MR) is 242 cm³/mol. The fraction of sp³-hybridized carbons (Fsp3) is 0.409. The summed E-state index contributed by atoms with van der Waals surface area (Å²) in [5.41, 5.74) is 12.4. The minimum Gasteiger partial charge on any atom is -0.484 e. The Bertz CT molecular complexity index is 2440. The molecule has 6 heterocycles. The first-order valence-corrected chi connectivity index (χ1v) is 22.2. The maximum Gasteiger partial charge on any atom is 0.488 e. The summed E-state index contributed by atoms with van der Waals surface area (Å²) in [6, 6.07) is 19.4. The summed E-state index contributed by atoms with van der Waals surface area (Å²) in [5.74, 6) is 1.13. The molecule has 6 N–H and O–H groups in total. The first-order valence-electron chi connectivity index (χ1n) is 20.7. The molecule has 0 aliphatic carbocycles. The van der Waals surface area contributed by atoms with Crippen LogP contribution < -0.4 is 26.4 Å². The van der Waals surface area contributed by atoms with Gasteiger partial charge in [-0.3, -0.25) is 0 Å². The van der Waals surface area contributed by atoms with Gasteiger partial charge < -0.3 is 40.5 Å². The van der Waals surface area contributed by atoms with Crippen LogP contribution in [0.2, 0.25) is 10.0 Å². The zero-order chi connectivity index (χ0) is 45.8. The van der Waals surface area contributed by atoms with Gasteiger partial charge in [0.2, 0.25) is 23.4 Å². The molecule has 6 unspecified atom stereocenters. The van der Waals surface area contributed by atoms with Crippen molar-refractivity contribution in [1.82, 2.24) is 10.1 Å². The van der Waals surface area contributed by atoms with E-state index in [0.29, 0.717) is 54.3 Å². The van der Waals surface area contributed by atoms with E-state index < -0.39 is 41.4 Å². The number of benzene rings is 4. The van der Waals surface area contributed by atoms with Crippen molar-refractivity contribution in [3.63, 3.8) is 0 Å². The van der Waals surface area contributed by atoms with Gasteiger partial charge in [-0.25, -0.2) is 38.6 Å². The molecule has 0 saturated carbocycles. The highest BCUT2D eigenvalue weighted by molar-refractivity contribution is 9.10. The van der Waals surface area contributed by atoms with Gasteiger partial charge in [0.1, 0.15) is 34.3 Å². The van der Waals surface area contributed by atoms with Gasteiger partial charge >= 0.3 is 7.12 Å². The van der Waals surface area contributed by atoms with Crippen LogP contribution in [-0.2, 0) is 30.6 Å². The SMILES string of the molecule is CC1CCC2(CO1)CC1(N=C(N)N(C)O1)c1cc(-c3cc(F)cc(Cl)c3)ccc1O2.CC1CCC2(CO1)CC1(N=C(N)N(C)O1)c1cc(Br)ccc1O2.OB(O)c1cc(F)cc(Cl)c1. The third kappa shape index (κ3) is 9.53. The molecule has 4 aromatic rings. The van der Waals surface area contributed by atoms with E-state index in [2.05, 4.69) is 34.8 Å². The number of fused-ring (bicyclic) bond motifs is 4. The topological polar surface area (TPSA) is 179 Å². The number of halogens is 5. The lowest BCUT2D eigenvalue weighted by Crippen LogP contribution is -2.54. The molecule has 0 amide bonds. The second-order valence-corrected chi connectivity index (χ2v) is 18.8. The molecule has 4 aromatic carbocycles. The zero-order valence-corrected chi connectivity index (χ0v) is 38.6. The molecule has 0 radical (unpaired) electrons. The highest BCUT2D eigenvalue weighted by Crippen LogP contribution is 2.54. The van der Waals surface area contributed by atoms with Crippen LogP contribution in [0.4, 0.5) is 8.78 Å². The lowest BCUT2D eigenvalue weighted by Gasteiger charge is -2.47. The van der Waals surface area contributed by atoms with Crippen molar-refractivity contribution in [2.75, 3.05) is 27.3 Å². The van der Waals surface area contributed by atoms with Gasteiger partial charge in [-0.1, -0.05) is 45.2 Å². The van der Waals surface area contributed by atoms with Crippen LogP contribution in [0.3, 0.4) is 0 Å². The van der Waals surface area contributed by atoms with Crippen LogP contribution in [-0.4, -0.2) is 89.9 Å². The highest BCUT2D eigenvalue weighted by atomic mass is 79.9. The van der Waals surface area contributed by atoms with Crippen LogP contribution in [0.25, 0.3) is 11.1 Å². The van der Waals surface area contributed by atoms with Gasteiger partial charge in [0.05, 0.1) is 36.5 Å². The molecule has 14 nitrogen and oxygen atoms in total. The third-order valence-electron chi connectivity index (χ3n) is 12.0. The molecule has 0 bridgehead atoms. The molecule has 64 heavy (non-hydrogen) atoms. The summed E-state index contributed by atoms with van der Waals surface area (Å²) in [6.45, 7) is 5.14. The van der Waals surface area contributed by atoms with E-state index in [4.69, 9.17) is 78.3 Å². The van der Waals surface area contributed by atoms with Gasteiger partial charge in [0, 0.05) is 41.5 Å². The Labute approximate surface area is 388 Å². The van der Waals surface area contributed by atoms with E-state index in [9.17, 15) is 8.78 Å². The van der Waals surface area contributed by atoms with E-state index in [1.54, 1.807) is 20.2 Å². The summed E-state index contributed by atoms with van der Waals surface area (Å²) in [7, 11) is 1.82. The summed E-state index contributed by atoms with van der Waals surface area (Å²) in [6.07, 6.45) is 5.09. The van der Waals surface area contributed by atoms with Gasteiger partial charge in [0.25, 0.3) is 0 Å². The van der Waals surface area contributed by atoms with Crippen molar-refractivity contribution in [3.05, 3.63) is 110 Å². The van der Waals surface area contributed by atoms with E-state index >= 15 is 0 Å². The molecule has 20 heteroatoms. The minimum absolute atomic E-state index is 0.0509. The quantitative estimate of drug-likeness (QED) is 0.153. The number of hydrogen-bond acceptors (Lipinski definition) is 14. The molecular formula is C44H48BBrCl2F2N6O8. The molecule has 6 atom stereocenters. The Morgan fingerprint density at radius 2 is 1.20 bits per heavy atom. The molecular weight excluding hydrogens is 940 g/mol. The Morgan fingerprint density at radius 1 is 0.703 bits per heavy atom. The van der Waals surface area contributed by atoms with Crippen molar-refractivity contribution >= 4 is 63.6 Å². The first-order chi connectivity index (χ1) is 30.3. The van der Waals surface area contributed by atoms with Crippen molar-refractivity contribution < 1.29 is 47.5 Å². The fourth-order valence-corrected chi connectivity index (χ4v) is 9.59. The van der Waals surface area contributed by atoms with Gasteiger partial charge in [-0.15, -0.1) is 0 Å². The van der Waals surface area contributed by atoms with E-state index in [0.717, 1.165) is 64.7 Å². The average Bonchev–Trinajstić information content (AvgIpc) is 3.68. The number of hydrogen-bond donors (Lipinski definition) is 4. The number of hydroxylamine groups is 4. The predicted octanol–water partition coefficient (Wildman–Crippen LogP) is 6.88. The number of rotatable bonds is 2. The van der Waals surface area contributed by atoms with Crippen molar-refractivity contribution in [3.8, 4) is 22.6 Å². The summed E-state index contributed by atoms with van der Waals surface area (Å²) >= 11 is 15.0. The standard InChI is InChI=1S/C22H23ClFN3O3.C16H20BrN3O3.C6H5BClFO2/c1-13-5-6-21(12-28-13)11-22(26-20(25)27(2)30-22)18-9-14(3-4-19(18)29-21)15-7-16(23)10-17(24)8-15;1-10-5-6-15(9-21-10)8-16(19-14(18)20(2)23-16)12-7-11(17)3-4-13(12)22-15;8-5-1-4(7(10)11)2-6(9)3-5/h3-4,7-10,13H,5-6,11-12H2,1-2H3,(H2,25,26);3-4,7,10H,5-6,8-9H2,1-2H3,(H2,18,19);1-3,10-11H. The molecule has 0 aromatic heterocycles. The maximum absolute atomic E-state index is 13.9. The highest BCUT2D eigenvalue weighted by Gasteiger charge is 2.57. The Morgan fingerprint density at radius 3 is 1.66 bits per heavy atom. The normalized spacial score (nSPS) is 28.9. The number of guanidine groups is 2. The molecule has 6 aliphatic heterocycles. The van der Waals surface area contributed by atoms with Crippen molar-refractivity contribution in [2.24, 2.45) is 21.5 Å². The van der Waals surface area contributed by atoms with Gasteiger partial charge in [-0.05, 0) is 123 Å². The molecule has 10 rings (SSSR count). The second kappa shape index (κ2) is 17.9. The molecule has 2 fully saturated rings. The average molecular weight is 989 g/mol. The zero-order valence-electron chi connectivity index (χ0n) is 35.5. The molecule has 340 valence electrons. The van der Waals surface area contributed by atoms with E-state index in [1.165, 1.54) is 28.3 Å². The molecule has 2 saturated heterocycles. The third-order valence-corrected chi connectivity index (χ3v) is 12.9. The van der Waals surface area contributed by atoms with Gasteiger partial charge in [-0.2, -0.15) is 0 Å². The van der Waals surface area contributed by atoms with E-state index in [-0.39, 0.29) is 22.7 Å². The molecule has 4 spiro atoms. The summed E-state index contributed by atoms with van der Waals surface area (Å²) in [5, 5.41) is 20.7. The minimum atomic E-state index is -1.68. The van der Waals surface area contributed by atoms with Crippen molar-refractivity contribution in [1.29, 1.82) is 0 Å². The van der Waals surface area contributed by atoms with Crippen LogP contribution in [0.5, 0.6) is 11.5 Å². The van der Waals surface area contributed by atoms with Crippen LogP contribution in [0.1, 0.15) is 63.5 Å². The van der Waals surface area contributed by atoms with Crippen LogP contribution in [0.15, 0.2) is 87.3 Å². The Kier molecular flexibility index (Phi) is 12.9. The number of nitrogens with zero attached hydrogens (tertiary/aromatic N) is 4. The smallest absolute Gasteiger partial charge is 0.484 e. The maximum atomic E-state index is 13.9. The Balaban J connectivity index is 0.000000145. The number of aliphatic imine (C=N–C) groups is 2. The summed E-state index contributed by atoms with van der Waals surface area (Å²) in [4.78, 5) is 21.6. The van der Waals surface area contributed by atoms with Crippen LogP contribution >= 0.6 is 39.1 Å². The van der Waals surface area contributed by atoms with E-state index in [1.807, 2.05) is 36.4 Å². The fourth-order valence-electron chi connectivity index (χ4n) is 8.78. The monoisotopic (exact) mass is 986 g/mol. The van der Waals surface area contributed by atoms with Crippen molar-refractivity contribution in [2.45, 2.75) is 87.2 Å². The van der Waals surface area contributed by atoms with Gasteiger partial charge in [0.15, 0.2) is 0 Å². The second-order valence-electron chi connectivity index (χ2n) is 17.0. The lowest BCUT2D eigenvalue weighted by atomic mass is 9.80. The molecule has 6 aliphatic rings. The first kappa shape index (κ1) is 46.3.